The van der Waals surface area contributed by atoms with Crippen LogP contribution in [-0.2, 0) is 16.9 Å². The number of aromatic nitrogens is 1. The molecule has 0 radical (unpaired) electrons. The monoisotopic (exact) mass is 199 g/mol. The average Bonchev–Trinajstić information content (AvgIpc) is 2.08. The highest BCUT2D eigenvalue weighted by atomic mass is 32.2. The predicted octanol–water partition coefficient (Wildman–Crippen LogP) is 1.36. The van der Waals surface area contributed by atoms with Gasteiger partial charge in [0.05, 0.1) is 12.9 Å². The Bertz CT molecular complexity index is 248. The van der Waals surface area contributed by atoms with Crippen molar-refractivity contribution in [3.8, 4) is 5.88 Å². The van der Waals surface area contributed by atoms with E-state index in [1.807, 2.05) is 13.0 Å². The van der Waals surface area contributed by atoms with E-state index in [4.69, 9.17) is 4.74 Å². The van der Waals surface area contributed by atoms with E-state index in [0.717, 1.165) is 5.56 Å². The SMILES string of the molecule is CCOc1ccc(C[S+](C)[O-])cn1. The van der Waals surface area contributed by atoms with Gasteiger partial charge in [0, 0.05) is 17.8 Å². The van der Waals surface area contributed by atoms with E-state index in [1.54, 1.807) is 18.5 Å². The van der Waals surface area contributed by atoms with Crippen LogP contribution in [0.4, 0.5) is 0 Å². The Morgan fingerprint density at radius 2 is 2.31 bits per heavy atom. The topological polar surface area (TPSA) is 45.2 Å². The van der Waals surface area contributed by atoms with Gasteiger partial charge in [0.25, 0.3) is 0 Å². The summed E-state index contributed by atoms with van der Waals surface area (Å²) in [7, 11) is 0. The summed E-state index contributed by atoms with van der Waals surface area (Å²) in [6.07, 6.45) is 3.38. The summed E-state index contributed by atoms with van der Waals surface area (Å²) in [5.74, 6) is 1.17. The molecule has 13 heavy (non-hydrogen) atoms. The first-order valence-electron chi connectivity index (χ1n) is 4.10. The maximum absolute atomic E-state index is 10.9. The van der Waals surface area contributed by atoms with Gasteiger partial charge in [-0.2, -0.15) is 0 Å². The van der Waals surface area contributed by atoms with Crippen molar-refractivity contribution in [2.24, 2.45) is 0 Å². The molecule has 1 unspecified atom stereocenters. The van der Waals surface area contributed by atoms with Crippen LogP contribution < -0.4 is 4.74 Å². The number of nitrogens with zero attached hydrogens (tertiary/aromatic N) is 1. The third-order valence-corrected chi connectivity index (χ3v) is 2.20. The molecule has 0 aliphatic heterocycles. The molecule has 0 fully saturated rings. The fourth-order valence-corrected chi connectivity index (χ4v) is 1.60. The van der Waals surface area contributed by atoms with Crippen molar-refractivity contribution in [1.29, 1.82) is 0 Å². The van der Waals surface area contributed by atoms with Crippen molar-refractivity contribution in [2.75, 3.05) is 12.9 Å². The van der Waals surface area contributed by atoms with Crippen molar-refractivity contribution >= 4 is 11.2 Å². The van der Waals surface area contributed by atoms with E-state index < -0.39 is 11.2 Å². The van der Waals surface area contributed by atoms with Gasteiger partial charge >= 0.3 is 0 Å². The molecule has 0 amide bonds. The molecule has 1 atom stereocenters. The Labute approximate surface area is 81.3 Å². The minimum Gasteiger partial charge on any atom is -0.616 e. The number of hydrogen-bond acceptors (Lipinski definition) is 3. The van der Waals surface area contributed by atoms with Gasteiger partial charge in [0.2, 0.25) is 5.88 Å². The van der Waals surface area contributed by atoms with Gasteiger partial charge in [-0.05, 0) is 13.0 Å². The largest absolute Gasteiger partial charge is 0.616 e. The summed E-state index contributed by atoms with van der Waals surface area (Å²) in [5, 5.41) is 0. The smallest absolute Gasteiger partial charge is 0.213 e. The number of rotatable bonds is 4. The second-order valence-corrected chi connectivity index (χ2v) is 4.09. The molecule has 0 spiro atoms. The Balaban J connectivity index is 2.59. The fraction of sp³-hybridized carbons (Fsp3) is 0.444. The predicted molar refractivity (Wildman–Crippen MR) is 53.2 cm³/mol. The molecule has 1 rings (SSSR count). The third-order valence-electron chi connectivity index (χ3n) is 1.46. The quantitative estimate of drug-likeness (QED) is 0.688. The highest BCUT2D eigenvalue weighted by Gasteiger charge is 2.01. The molecule has 1 aromatic heterocycles. The zero-order chi connectivity index (χ0) is 9.68. The van der Waals surface area contributed by atoms with Crippen LogP contribution in [0.15, 0.2) is 18.3 Å². The minimum atomic E-state index is -0.808. The van der Waals surface area contributed by atoms with Gasteiger partial charge in [-0.3, -0.25) is 0 Å². The first-order chi connectivity index (χ1) is 6.22. The number of ether oxygens (including phenoxy) is 1. The summed E-state index contributed by atoms with van der Waals surface area (Å²) in [6.45, 7) is 2.53. The molecular formula is C9H13NO2S. The van der Waals surface area contributed by atoms with Gasteiger partial charge in [-0.15, -0.1) is 0 Å². The van der Waals surface area contributed by atoms with Crippen LogP contribution in [0.25, 0.3) is 0 Å². The lowest BCUT2D eigenvalue weighted by Gasteiger charge is -2.05. The fourth-order valence-electron chi connectivity index (χ4n) is 0.964. The Hall–Kier alpha value is -0.740. The zero-order valence-corrected chi connectivity index (χ0v) is 8.63. The minimum absolute atomic E-state index is 0.555. The normalized spacial score (nSPS) is 12.5. The molecule has 3 nitrogen and oxygen atoms in total. The van der Waals surface area contributed by atoms with Crippen molar-refractivity contribution < 1.29 is 9.29 Å². The third kappa shape index (κ3) is 3.65. The van der Waals surface area contributed by atoms with Crippen molar-refractivity contribution in [1.82, 2.24) is 4.98 Å². The highest BCUT2D eigenvalue weighted by molar-refractivity contribution is 7.89. The lowest BCUT2D eigenvalue weighted by atomic mass is 10.3. The lowest BCUT2D eigenvalue weighted by molar-refractivity contribution is 0.326. The molecule has 72 valence electrons. The van der Waals surface area contributed by atoms with Crippen LogP contribution in [0.5, 0.6) is 5.88 Å². The van der Waals surface area contributed by atoms with Crippen LogP contribution in [-0.4, -0.2) is 22.4 Å². The first-order valence-corrected chi connectivity index (χ1v) is 5.83. The zero-order valence-electron chi connectivity index (χ0n) is 7.82. The molecule has 0 N–H and O–H groups in total. The van der Waals surface area contributed by atoms with Gasteiger partial charge in [-0.25, -0.2) is 4.98 Å². The second kappa shape index (κ2) is 5.09. The molecule has 0 bridgehead atoms. The average molecular weight is 199 g/mol. The van der Waals surface area contributed by atoms with Crippen LogP contribution in [0.1, 0.15) is 12.5 Å². The van der Waals surface area contributed by atoms with Gasteiger partial charge in [0.1, 0.15) is 5.75 Å². The van der Waals surface area contributed by atoms with Gasteiger partial charge < -0.3 is 9.29 Å². The summed E-state index contributed by atoms with van der Waals surface area (Å²) in [6, 6.07) is 3.69. The first kappa shape index (κ1) is 10.3. The van der Waals surface area contributed by atoms with E-state index >= 15 is 0 Å². The van der Waals surface area contributed by atoms with Crippen LogP contribution >= 0.6 is 0 Å². The molecule has 0 aliphatic rings. The van der Waals surface area contributed by atoms with Crippen molar-refractivity contribution in [2.45, 2.75) is 12.7 Å². The van der Waals surface area contributed by atoms with E-state index in [9.17, 15) is 4.55 Å². The Kier molecular flexibility index (Phi) is 4.05. The maximum atomic E-state index is 10.9. The molecule has 0 aromatic carbocycles. The summed E-state index contributed by atoms with van der Waals surface area (Å²) in [4.78, 5) is 4.06. The standard InChI is InChI=1S/C9H13NO2S/c1-3-12-9-5-4-8(6-10-9)7-13(2)11/h4-6H,3,7H2,1-2H3. The van der Waals surface area contributed by atoms with Gasteiger partial charge in [-0.1, -0.05) is 11.2 Å². The van der Waals surface area contributed by atoms with E-state index in [2.05, 4.69) is 4.98 Å². The van der Waals surface area contributed by atoms with Gasteiger partial charge in [0.15, 0.2) is 0 Å². The lowest BCUT2D eigenvalue weighted by Crippen LogP contribution is -2.01. The Morgan fingerprint density at radius 1 is 1.54 bits per heavy atom. The van der Waals surface area contributed by atoms with E-state index in [0.29, 0.717) is 18.2 Å². The molecular weight excluding hydrogens is 186 g/mol. The molecule has 0 saturated carbocycles. The molecule has 4 heteroatoms. The molecule has 0 aliphatic carbocycles. The highest BCUT2D eigenvalue weighted by Crippen LogP contribution is 2.09. The summed E-state index contributed by atoms with van der Waals surface area (Å²) in [5.41, 5.74) is 0.976. The molecule has 1 aromatic rings. The van der Waals surface area contributed by atoms with Crippen LogP contribution in [0, 0.1) is 0 Å². The molecule has 1 heterocycles. The number of pyridine rings is 1. The second-order valence-electron chi connectivity index (χ2n) is 2.66. The van der Waals surface area contributed by atoms with E-state index in [1.165, 1.54) is 0 Å². The van der Waals surface area contributed by atoms with E-state index in [-0.39, 0.29) is 0 Å². The van der Waals surface area contributed by atoms with Crippen molar-refractivity contribution in [3.05, 3.63) is 23.9 Å². The summed E-state index contributed by atoms with van der Waals surface area (Å²) < 4.78 is 16.1. The van der Waals surface area contributed by atoms with Crippen LogP contribution in [0.2, 0.25) is 0 Å². The van der Waals surface area contributed by atoms with Crippen molar-refractivity contribution in [3.63, 3.8) is 0 Å². The Morgan fingerprint density at radius 3 is 2.77 bits per heavy atom. The summed E-state index contributed by atoms with van der Waals surface area (Å²) >= 11 is -0.808. The number of hydrogen-bond donors (Lipinski definition) is 0. The molecule has 0 saturated heterocycles. The van der Waals surface area contributed by atoms with Crippen LogP contribution in [0.3, 0.4) is 0 Å². The maximum Gasteiger partial charge on any atom is 0.213 e.